The van der Waals surface area contributed by atoms with Crippen molar-refractivity contribution in [3.05, 3.63) is 29.3 Å². The molecule has 0 radical (unpaired) electrons. The third-order valence-electron chi connectivity index (χ3n) is 6.26. The molecule has 1 aromatic carbocycles. The highest BCUT2D eigenvalue weighted by molar-refractivity contribution is 5.92. The molecule has 0 aromatic heterocycles. The van der Waals surface area contributed by atoms with E-state index >= 15 is 0 Å². The van der Waals surface area contributed by atoms with Crippen molar-refractivity contribution < 1.29 is 14.3 Å². The largest absolute Gasteiger partial charge is 0.378 e. The number of benzene rings is 1. The Morgan fingerprint density at radius 2 is 1.48 bits per heavy atom. The Morgan fingerprint density at radius 3 is 2.11 bits per heavy atom. The van der Waals surface area contributed by atoms with E-state index < -0.39 is 0 Å². The zero-order valence-corrected chi connectivity index (χ0v) is 16.3. The van der Waals surface area contributed by atoms with Crippen LogP contribution in [0.25, 0.3) is 0 Å². The Morgan fingerprint density at radius 1 is 0.889 bits per heavy atom. The summed E-state index contributed by atoms with van der Waals surface area (Å²) in [5.41, 5.74) is 3.89. The molecule has 2 saturated heterocycles. The normalized spacial score (nSPS) is 25.5. The van der Waals surface area contributed by atoms with Crippen LogP contribution in [-0.4, -0.2) is 74.1 Å². The monoisotopic (exact) mass is 371 g/mol. The van der Waals surface area contributed by atoms with Crippen LogP contribution in [-0.2, 0) is 14.3 Å². The van der Waals surface area contributed by atoms with Gasteiger partial charge in [0.2, 0.25) is 11.8 Å². The SMILES string of the molecule is Cc1cccc(N2CCN(C(=O)C3CC3C(=O)N3CCOCC3)CC2)c1C. The first-order chi connectivity index (χ1) is 13.1. The highest BCUT2D eigenvalue weighted by Crippen LogP contribution is 2.41. The van der Waals surface area contributed by atoms with E-state index in [9.17, 15) is 9.59 Å². The number of carbonyl (C=O) groups is 2. The lowest BCUT2D eigenvalue weighted by atomic mass is 10.1. The zero-order chi connectivity index (χ0) is 19.0. The molecule has 2 atom stereocenters. The minimum absolute atomic E-state index is 0.104. The van der Waals surface area contributed by atoms with Gasteiger partial charge in [-0.15, -0.1) is 0 Å². The summed E-state index contributed by atoms with van der Waals surface area (Å²) in [4.78, 5) is 31.6. The highest BCUT2D eigenvalue weighted by Gasteiger charge is 2.51. The Hall–Kier alpha value is -2.08. The van der Waals surface area contributed by atoms with Crippen LogP contribution in [0.5, 0.6) is 0 Å². The molecule has 2 unspecified atom stereocenters. The molecule has 1 aliphatic carbocycles. The summed E-state index contributed by atoms with van der Waals surface area (Å²) in [5.74, 6) is 0.105. The topological polar surface area (TPSA) is 53.1 Å². The Bertz CT molecular complexity index is 721. The number of hydrogen-bond acceptors (Lipinski definition) is 4. The van der Waals surface area contributed by atoms with E-state index in [4.69, 9.17) is 4.74 Å². The van der Waals surface area contributed by atoms with Gasteiger partial charge in [-0.1, -0.05) is 12.1 Å². The summed E-state index contributed by atoms with van der Waals surface area (Å²) in [7, 11) is 0. The number of aryl methyl sites for hydroxylation is 1. The van der Waals surface area contributed by atoms with Crippen LogP contribution >= 0.6 is 0 Å². The highest BCUT2D eigenvalue weighted by atomic mass is 16.5. The van der Waals surface area contributed by atoms with Gasteiger partial charge in [0.25, 0.3) is 0 Å². The summed E-state index contributed by atoms with van der Waals surface area (Å²) in [5, 5.41) is 0. The first-order valence-electron chi connectivity index (χ1n) is 10.0. The quantitative estimate of drug-likeness (QED) is 0.807. The van der Waals surface area contributed by atoms with Crippen LogP contribution in [0.2, 0.25) is 0 Å². The molecule has 0 N–H and O–H groups in total. The fourth-order valence-corrected chi connectivity index (χ4v) is 4.24. The molecule has 1 aromatic rings. The fourth-order valence-electron chi connectivity index (χ4n) is 4.24. The number of amides is 2. The van der Waals surface area contributed by atoms with Gasteiger partial charge in [-0.25, -0.2) is 0 Å². The first kappa shape index (κ1) is 18.3. The van der Waals surface area contributed by atoms with Crippen molar-refractivity contribution >= 4 is 17.5 Å². The molecule has 6 nitrogen and oxygen atoms in total. The summed E-state index contributed by atoms with van der Waals surface area (Å²) in [6.07, 6.45) is 0.715. The maximum absolute atomic E-state index is 12.8. The number of nitrogens with zero attached hydrogens (tertiary/aromatic N) is 3. The summed E-state index contributed by atoms with van der Waals surface area (Å²) in [6, 6.07) is 6.40. The maximum atomic E-state index is 12.8. The minimum atomic E-state index is -0.104. The van der Waals surface area contributed by atoms with Crippen molar-refractivity contribution in [3.8, 4) is 0 Å². The molecule has 146 valence electrons. The van der Waals surface area contributed by atoms with E-state index in [1.54, 1.807) is 0 Å². The summed E-state index contributed by atoms with van der Waals surface area (Å²) >= 11 is 0. The average Bonchev–Trinajstić information content (AvgIpc) is 3.51. The molecule has 0 bridgehead atoms. The average molecular weight is 371 g/mol. The molecule has 2 heterocycles. The molecule has 1 saturated carbocycles. The Labute approximate surface area is 161 Å². The smallest absolute Gasteiger partial charge is 0.226 e. The number of piperazine rings is 1. The predicted octanol–water partition coefficient (Wildman–Crippen LogP) is 1.45. The van der Waals surface area contributed by atoms with Crippen LogP contribution in [0, 0.1) is 25.7 Å². The van der Waals surface area contributed by atoms with Gasteiger partial charge in [0, 0.05) is 45.0 Å². The van der Waals surface area contributed by atoms with Gasteiger partial charge in [0.1, 0.15) is 0 Å². The van der Waals surface area contributed by atoms with E-state index in [-0.39, 0.29) is 23.7 Å². The van der Waals surface area contributed by atoms with Crippen molar-refractivity contribution in [1.29, 1.82) is 0 Å². The lowest BCUT2D eigenvalue weighted by molar-refractivity contribution is -0.140. The standard InChI is InChI=1S/C21H29N3O3/c1-15-4-3-5-19(16(15)2)22-6-8-23(9-7-22)20(25)17-14-18(17)21(26)24-10-12-27-13-11-24/h3-5,17-18H,6-14H2,1-2H3. The number of anilines is 1. The van der Waals surface area contributed by atoms with Gasteiger partial charge in [0.05, 0.1) is 25.0 Å². The van der Waals surface area contributed by atoms with E-state index in [0.717, 1.165) is 26.2 Å². The molecule has 0 spiro atoms. The molecule has 6 heteroatoms. The molecule has 3 aliphatic rings. The van der Waals surface area contributed by atoms with E-state index in [1.165, 1.54) is 16.8 Å². The van der Waals surface area contributed by atoms with Crippen molar-refractivity contribution in [2.75, 3.05) is 57.4 Å². The number of rotatable bonds is 3. The number of ether oxygens (including phenoxy) is 1. The van der Waals surface area contributed by atoms with E-state index in [1.807, 2.05) is 9.80 Å². The number of morpholine rings is 1. The first-order valence-corrected chi connectivity index (χ1v) is 10.0. The lowest BCUT2D eigenvalue weighted by Crippen LogP contribution is -2.50. The van der Waals surface area contributed by atoms with Crippen LogP contribution in [0.3, 0.4) is 0 Å². The van der Waals surface area contributed by atoms with E-state index in [0.29, 0.717) is 32.7 Å². The minimum Gasteiger partial charge on any atom is -0.378 e. The summed E-state index contributed by atoms with van der Waals surface area (Å²) < 4.78 is 5.31. The predicted molar refractivity (Wildman–Crippen MR) is 104 cm³/mol. The molecular weight excluding hydrogens is 342 g/mol. The maximum Gasteiger partial charge on any atom is 0.226 e. The number of hydrogen-bond donors (Lipinski definition) is 0. The van der Waals surface area contributed by atoms with Crippen molar-refractivity contribution in [2.45, 2.75) is 20.3 Å². The molecule has 3 fully saturated rings. The number of carbonyl (C=O) groups excluding carboxylic acids is 2. The van der Waals surface area contributed by atoms with Gasteiger partial charge in [0.15, 0.2) is 0 Å². The molecule has 4 rings (SSSR count). The zero-order valence-electron chi connectivity index (χ0n) is 16.3. The second-order valence-corrected chi connectivity index (χ2v) is 7.92. The van der Waals surface area contributed by atoms with Crippen molar-refractivity contribution in [2.24, 2.45) is 11.8 Å². The van der Waals surface area contributed by atoms with Gasteiger partial charge < -0.3 is 19.4 Å². The van der Waals surface area contributed by atoms with E-state index in [2.05, 4.69) is 36.9 Å². The van der Waals surface area contributed by atoms with Crippen LogP contribution in [0.1, 0.15) is 17.5 Å². The lowest BCUT2D eigenvalue weighted by Gasteiger charge is -2.37. The summed E-state index contributed by atoms with van der Waals surface area (Å²) in [6.45, 7) is 10.0. The van der Waals surface area contributed by atoms with Crippen molar-refractivity contribution in [3.63, 3.8) is 0 Å². The third-order valence-corrected chi connectivity index (χ3v) is 6.26. The Balaban J connectivity index is 1.30. The molecule has 27 heavy (non-hydrogen) atoms. The van der Waals surface area contributed by atoms with Crippen LogP contribution in [0.4, 0.5) is 5.69 Å². The molecule has 2 aliphatic heterocycles. The molecular formula is C21H29N3O3. The van der Waals surface area contributed by atoms with Crippen LogP contribution < -0.4 is 4.90 Å². The van der Waals surface area contributed by atoms with Gasteiger partial charge in [-0.2, -0.15) is 0 Å². The Kier molecular flexibility index (Phi) is 5.08. The van der Waals surface area contributed by atoms with Crippen LogP contribution in [0.15, 0.2) is 18.2 Å². The van der Waals surface area contributed by atoms with Crippen molar-refractivity contribution in [1.82, 2.24) is 9.80 Å². The van der Waals surface area contributed by atoms with Gasteiger partial charge in [-0.05, 0) is 37.5 Å². The third kappa shape index (κ3) is 3.68. The fraction of sp³-hybridized carbons (Fsp3) is 0.619. The molecule has 2 amide bonds. The second-order valence-electron chi connectivity index (χ2n) is 7.92. The van der Waals surface area contributed by atoms with Gasteiger partial charge in [-0.3, -0.25) is 9.59 Å². The van der Waals surface area contributed by atoms with Gasteiger partial charge >= 0.3 is 0 Å². The second kappa shape index (κ2) is 7.50.